The molecule has 0 spiro atoms. The highest BCUT2D eigenvalue weighted by atomic mass is 35.5. The molecule has 5 rings (SSSR count). The Hall–Kier alpha value is -3.45. The molecule has 4 aromatic rings. The lowest BCUT2D eigenvalue weighted by Gasteiger charge is -2.22. The molecule has 0 saturated heterocycles. The Morgan fingerprint density at radius 2 is 1.93 bits per heavy atom. The van der Waals surface area contributed by atoms with Crippen molar-refractivity contribution in [3.63, 3.8) is 0 Å². The monoisotopic (exact) mass is 410 g/mol. The molecule has 0 unspecified atom stereocenters. The van der Waals surface area contributed by atoms with E-state index in [0.717, 1.165) is 0 Å². The normalized spacial score (nSPS) is 15.9. The van der Waals surface area contributed by atoms with Gasteiger partial charge in [-0.2, -0.15) is 0 Å². The molecule has 0 fully saturated rings. The minimum atomic E-state index is -1.05. The van der Waals surface area contributed by atoms with Crippen LogP contribution in [0.5, 0.6) is 0 Å². The summed E-state index contributed by atoms with van der Waals surface area (Å²) in [4.78, 5) is 27.8. The Labute approximate surface area is 168 Å². The molecule has 3 heterocycles. The van der Waals surface area contributed by atoms with E-state index in [9.17, 15) is 14.0 Å². The number of anilines is 1. The standard InChI is InChI=1S/C21H12ClFN2O4/c1-10-8-16(24-29-10)25-18(12-4-2-3-5-14(12)23)17-19(26)13-9-11(22)6-7-15(13)28-20(17)21(25)27/h2-9,18H,1H3/t18-/m1/s1. The molecule has 1 amide bonds. The topological polar surface area (TPSA) is 76.6 Å². The highest BCUT2D eigenvalue weighted by Gasteiger charge is 2.45. The van der Waals surface area contributed by atoms with E-state index < -0.39 is 23.2 Å². The summed E-state index contributed by atoms with van der Waals surface area (Å²) in [7, 11) is 0. The summed E-state index contributed by atoms with van der Waals surface area (Å²) in [5.41, 5.74) is -0.0468. The van der Waals surface area contributed by atoms with Crippen molar-refractivity contribution in [3.8, 4) is 0 Å². The summed E-state index contributed by atoms with van der Waals surface area (Å²) in [6.07, 6.45) is 0. The molecule has 0 bridgehead atoms. The molecule has 2 aromatic heterocycles. The molecule has 0 N–H and O–H groups in total. The van der Waals surface area contributed by atoms with Gasteiger partial charge in [0.1, 0.15) is 17.2 Å². The number of hydrogen-bond acceptors (Lipinski definition) is 5. The fourth-order valence-corrected chi connectivity index (χ4v) is 3.81. The van der Waals surface area contributed by atoms with Gasteiger partial charge in [0.05, 0.1) is 17.0 Å². The third kappa shape index (κ3) is 2.58. The molecular formula is C21H12ClFN2O4. The van der Waals surface area contributed by atoms with Crippen LogP contribution in [0.4, 0.5) is 10.2 Å². The lowest BCUT2D eigenvalue weighted by atomic mass is 9.98. The molecule has 1 aliphatic rings. The second-order valence-corrected chi connectivity index (χ2v) is 7.15. The van der Waals surface area contributed by atoms with Crippen LogP contribution in [0.3, 0.4) is 0 Å². The summed E-state index contributed by atoms with van der Waals surface area (Å²) in [6, 6.07) is 11.0. The van der Waals surface area contributed by atoms with Crippen molar-refractivity contribution < 1.29 is 18.1 Å². The molecular weight excluding hydrogens is 399 g/mol. The highest BCUT2D eigenvalue weighted by Crippen LogP contribution is 2.41. The molecule has 0 saturated carbocycles. The van der Waals surface area contributed by atoms with Crippen molar-refractivity contribution >= 4 is 34.3 Å². The van der Waals surface area contributed by atoms with Gasteiger partial charge >= 0.3 is 0 Å². The molecule has 29 heavy (non-hydrogen) atoms. The fourth-order valence-electron chi connectivity index (χ4n) is 3.64. The fraction of sp³-hybridized carbons (Fsp3) is 0.0952. The van der Waals surface area contributed by atoms with Crippen LogP contribution in [0.2, 0.25) is 5.02 Å². The first-order valence-electron chi connectivity index (χ1n) is 8.73. The van der Waals surface area contributed by atoms with Crippen LogP contribution in [0, 0.1) is 12.7 Å². The maximum atomic E-state index is 14.7. The molecule has 144 valence electrons. The van der Waals surface area contributed by atoms with E-state index in [1.807, 2.05) is 0 Å². The predicted octanol–water partition coefficient (Wildman–Crippen LogP) is 4.63. The Balaban J connectivity index is 1.86. The van der Waals surface area contributed by atoms with Gasteiger partial charge in [-0.05, 0) is 31.2 Å². The molecule has 6 nitrogen and oxygen atoms in total. The van der Waals surface area contributed by atoms with Gasteiger partial charge < -0.3 is 8.94 Å². The van der Waals surface area contributed by atoms with Crippen molar-refractivity contribution in [3.05, 3.63) is 92.2 Å². The van der Waals surface area contributed by atoms with Gasteiger partial charge in [-0.3, -0.25) is 14.5 Å². The summed E-state index contributed by atoms with van der Waals surface area (Å²) in [6.45, 7) is 1.67. The number of aromatic nitrogens is 1. The van der Waals surface area contributed by atoms with Gasteiger partial charge in [0, 0.05) is 16.7 Å². The van der Waals surface area contributed by atoms with Crippen LogP contribution >= 0.6 is 11.6 Å². The zero-order valence-corrected chi connectivity index (χ0v) is 15.7. The summed E-state index contributed by atoms with van der Waals surface area (Å²) < 4.78 is 25.6. The second kappa shape index (κ2) is 6.28. The summed E-state index contributed by atoms with van der Waals surface area (Å²) >= 11 is 6.04. The summed E-state index contributed by atoms with van der Waals surface area (Å²) in [5.74, 6) is -0.691. The second-order valence-electron chi connectivity index (χ2n) is 6.71. The van der Waals surface area contributed by atoms with Crippen LogP contribution < -0.4 is 10.3 Å². The number of carbonyl (C=O) groups is 1. The number of fused-ring (bicyclic) bond motifs is 2. The number of halogens is 2. The smallest absolute Gasteiger partial charge is 0.296 e. The molecule has 1 atom stereocenters. The predicted molar refractivity (Wildman–Crippen MR) is 104 cm³/mol. The van der Waals surface area contributed by atoms with Crippen LogP contribution in [0.1, 0.15) is 33.5 Å². The molecule has 1 aliphatic heterocycles. The Morgan fingerprint density at radius 1 is 1.14 bits per heavy atom. The zero-order valence-electron chi connectivity index (χ0n) is 15.0. The SMILES string of the molecule is Cc1cc(N2C(=O)c3oc4ccc(Cl)cc4c(=O)c3[C@H]2c2ccccc2F)no1. The third-order valence-electron chi connectivity index (χ3n) is 4.89. The van der Waals surface area contributed by atoms with Gasteiger partial charge in [-0.15, -0.1) is 0 Å². The number of rotatable bonds is 2. The number of carbonyl (C=O) groups excluding carboxylic acids is 1. The van der Waals surface area contributed by atoms with E-state index in [1.54, 1.807) is 25.1 Å². The van der Waals surface area contributed by atoms with E-state index in [2.05, 4.69) is 5.16 Å². The lowest BCUT2D eigenvalue weighted by molar-refractivity contribution is 0.0969. The van der Waals surface area contributed by atoms with Crippen LogP contribution in [-0.2, 0) is 0 Å². The largest absolute Gasteiger partial charge is 0.450 e. The van der Waals surface area contributed by atoms with E-state index >= 15 is 0 Å². The van der Waals surface area contributed by atoms with Crippen LogP contribution in [0.25, 0.3) is 11.0 Å². The molecule has 0 radical (unpaired) electrons. The number of aryl methyl sites for hydroxylation is 1. The zero-order chi connectivity index (χ0) is 20.3. The quantitative estimate of drug-likeness (QED) is 0.481. The van der Waals surface area contributed by atoms with Gasteiger partial charge in [0.15, 0.2) is 11.2 Å². The first kappa shape index (κ1) is 17.6. The Kier molecular flexibility index (Phi) is 3.82. The molecule has 2 aromatic carbocycles. The minimum absolute atomic E-state index is 0.0375. The van der Waals surface area contributed by atoms with Crippen molar-refractivity contribution in [1.82, 2.24) is 5.16 Å². The van der Waals surface area contributed by atoms with Crippen LogP contribution in [0.15, 0.2) is 62.3 Å². The third-order valence-corrected chi connectivity index (χ3v) is 5.13. The van der Waals surface area contributed by atoms with E-state index in [4.69, 9.17) is 20.5 Å². The Morgan fingerprint density at radius 3 is 2.66 bits per heavy atom. The maximum Gasteiger partial charge on any atom is 0.296 e. The van der Waals surface area contributed by atoms with E-state index in [-0.39, 0.29) is 33.7 Å². The average Bonchev–Trinajstić information content (AvgIpc) is 3.24. The first-order chi connectivity index (χ1) is 14.0. The van der Waals surface area contributed by atoms with E-state index in [1.165, 1.54) is 35.2 Å². The van der Waals surface area contributed by atoms with Gasteiger partial charge in [0.2, 0.25) is 5.76 Å². The van der Waals surface area contributed by atoms with Crippen molar-refractivity contribution in [2.45, 2.75) is 13.0 Å². The van der Waals surface area contributed by atoms with Crippen molar-refractivity contribution in [1.29, 1.82) is 0 Å². The average molecular weight is 411 g/mol. The first-order valence-corrected chi connectivity index (χ1v) is 9.11. The van der Waals surface area contributed by atoms with Crippen LogP contribution in [-0.4, -0.2) is 11.1 Å². The van der Waals surface area contributed by atoms with Crippen molar-refractivity contribution in [2.24, 2.45) is 0 Å². The number of amides is 1. The van der Waals surface area contributed by atoms with Gasteiger partial charge in [0.25, 0.3) is 5.91 Å². The Bertz CT molecular complexity index is 1360. The number of hydrogen-bond donors (Lipinski definition) is 0. The number of nitrogens with zero attached hydrogens (tertiary/aromatic N) is 2. The summed E-state index contributed by atoms with van der Waals surface area (Å²) in [5, 5.41) is 4.45. The van der Waals surface area contributed by atoms with Gasteiger partial charge in [-0.25, -0.2) is 4.39 Å². The number of benzene rings is 2. The molecule has 0 aliphatic carbocycles. The minimum Gasteiger partial charge on any atom is -0.450 e. The van der Waals surface area contributed by atoms with E-state index in [0.29, 0.717) is 10.8 Å². The van der Waals surface area contributed by atoms with Gasteiger partial charge in [-0.1, -0.05) is 35.0 Å². The highest BCUT2D eigenvalue weighted by molar-refractivity contribution is 6.31. The molecule has 8 heteroatoms. The van der Waals surface area contributed by atoms with Crippen molar-refractivity contribution in [2.75, 3.05) is 4.90 Å². The lowest BCUT2D eigenvalue weighted by Crippen LogP contribution is -2.30. The maximum absolute atomic E-state index is 14.7.